The van der Waals surface area contributed by atoms with Crippen molar-refractivity contribution in [1.82, 2.24) is 0 Å². The number of benzene rings is 2. The molecule has 0 saturated heterocycles. The van der Waals surface area contributed by atoms with Crippen molar-refractivity contribution in [2.75, 3.05) is 17.7 Å². The first-order valence-corrected chi connectivity index (χ1v) is 6.59. The lowest BCUT2D eigenvalue weighted by atomic mass is 10.2. The van der Waals surface area contributed by atoms with Crippen molar-refractivity contribution < 1.29 is 13.9 Å². The van der Waals surface area contributed by atoms with Crippen LogP contribution in [0.2, 0.25) is 0 Å². The molecule has 0 bridgehead atoms. The Morgan fingerprint density at radius 2 is 1.95 bits per heavy atom. The Morgan fingerprint density at radius 1 is 1.24 bits per heavy atom. The normalized spacial score (nSPS) is 10.2. The molecule has 0 atom stereocenters. The van der Waals surface area contributed by atoms with Crippen LogP contribution in [0.1, 0.15) is 12.0 Å². The molecule has 3 N–H and O–H groups in total. The van der Waals surface area contributed by atoms with Gasteiger partial charge in [-0.1, -0.05) is 0 Å². The summed E-state index contributed by atoms with van der Waals surface area (Å²) in [6.07, 6.45) is 0.210. The molecule has 5 heteroatoms. The average Bonchev–Trinajstić information content (AvgIpc) is 2.44. The van der Waals surface area contributed by atoms with E-state index in [9.17, 15) is 9.18 Å². The highest BCUT2D eigenvalue weighted by Gasteiger charge is 2.05. The van der Waals surface area contributed by atoms with Gasteiger partial charge >= 0.3 is 0 Å². The zero-order valence-corrected chi connectivity index (χ0v) is 11.7. The number of nitrogens with one attached hydrogen (secondary N) is 1. The topological polar surface area (TPSA) is 64.3 Å². The van der Waals surface area contributed by atoms with Gasteiger partial charge in [-0.3, -0.25) is 4.79 Å². The zero-order valence-electron chi connectivity index (χ0n) is 11.7. The molecule has 2 aromatic carbocycles. The number of hydrogen-bond acceptors (Lipinski definition) is 3. The number of aryl methyl sites for hydroxylation is 1. The molecule has 1 amide bonds. The van der Waals surface area contributed by atoms with Crippen molar-refractivity contribution in [1.29, 1.82) is 0 Å². The monoisotopic (exact) mass is 288 g/mol. The van der Waals surface area contributed by atoms with Gasteiger partial charge in [-0.05, 0) is 55.0 Å². The predicted octanol–water partition coefficient (Wildman–Crippen LogP) is 3.12. The van der Waals surface area contributed by atoms with Crippen LogP contribution in [0.3, 0.4) is 0 Å². The highest BCUT2D eigenvalue weighted by Crippen LogP contribution is 2.18. The number of carbonyl (C=O) groups excluding carboxylic acids is 1. The van der Waals surface area contributed by atoms with Gasteiger partial charge in [0.25, 0.3) is 0 Å². The molecular weight excluding hydrogens is 271 g/mol. The van der Waals surface area contributed by atoms with E-state index >= 15 is 0 Å². The molecule has 0 aromatic heterocycles. The summed E-state index contributed by atoms with van der Waals surface area (Å²) in [6.45, 7) is 2.10. The molecular formula is C16H17FN2O2. The molecule has 0 radical (unpaired) electrons. The van der Waals surface area contributed by atoms with Crippen LogP contribution in [0.5, 0.6) is 5.75 Å². The second-order valence-corrected chi connectivity index (χ2v) is 4.67. The van der Waals surface area contributed by atoms with E-state index in [4.69, 9.17) is 10.5 Å². The van der Waals surface area contributed by atoms with Crippen LogP contribution in [0.25, 0.3) is 0 Å². The number of ether oxygens (including phenoxy) is 1. The molecule has 110 valence electrons. The predicted molar refractivity (Wildman–Crippen MR) is 80.7 cm³/mol. The summed E-state index contributed by atoms with van der Waals surface area (Å²) >= 11 is 0. The van der Waals surface area contributed by atoms with Crippen LogP contribution in [0, 0.1) is 12.7 Å². The fourth-order valence-electron chi connectivity index (χ4n) is 1.83. The zero-order chi connectivity index (χ0) is 15.2. The van der Waals surface area contributed by atoms with Crippen molar-refractivity contribution in [2.24, 2.45) is 0 Å². The van der Waals surface area contributed by atoms with Gasteiger partial charge in [0, 0.05) is 11.4 Å². The lowest BCUT2D eigenvalue weighted by molar-refractivity contribution is -0.116. The van der Waals surface area contributed by atoms with Gasteiger partial charge in [0.2, 0.25) is 5.91 Å². The molecule has 0 aliphatic rings. The van der Waals surface area contributed by atoms with E-state index in [0.29, 0.717) is 11.4 Å². The lowest BCUT2D eigenvalue weighted by Crippen LogP contribution is -2.15. The SMILES string of the molecule is Cc1cc(N)ccc1NC(=O)CCOc1ccc(F)cc1. The van der Waals surface area contributed by atoms with Gasteiger partial charge in [-0.2, -0.15) is 0 Å². The number of halogens is 1. The van der Waals surface area contributed by atoms with Crippen LogP contribution in [0.4, 0.5) is 15.8 Å². The largest absolute Gasteiger partial charge is 0.493 e. The van der Waals surface area contributed by atoms with Crippen molar-refractivity contribution >= 4 is 17.3 Å². The van der Waals surface area contributed by atoms with Crippen molar-refractivity contribution in [3.05, 3.63) is 53.8 Å². The van der Waals surface area contributed by atoms with Crippen LogP contribution in [0.15, 0.2) is 42.5 Å². The minimum absolute atomic E-state index is 0.148. The molecule has 0 fully saturated rings. The van der Waals surface area contributed by atoms with Crippen molar-refractivity contribution in [2.45, 2.75) is 13.3 Å². The average molecular weight is 288 g/mol. The summed E-state index contributed by atoms with van der Waals surface area (Å²) in [5, 5.41) is 2.80. The first-order valence-electron chi connectivity index (χ1n) is 6.59. The Kier molecular flexibility index (Phi) is 4.77. The Bertz CT molecular complexity index is 627. The molecule has 0 aliphatic heterocycles. The molecule has 4 nitrogen and oxygen atoms in total. The molecule has 0 unspecified atom stereocenters. The third kappa shape index (κ3) is 4.49. The van der Waals surface area contributed by atoms with E-state index in [1.807, 2.05) is 6.92 Å². The minimum atomic E-state index is -0.320. The number of anilines is 2. The van der Waals surface area contributed by atoms with Crippen LogP contribution in [-0.4, -0.2) is 12.5 Å². The molecule has 0 heterocycles. The fourth-order valence-corrected chi connectivity index (χ4v) is 1.83. The van der Waals surface area contributed by atoms with Crippen LogP contribution in [-0.2, 0) is 4.79 Å². The number of amides is 1. The second-order valence-electron chi connectivity index (χ2n) is 4.67. The molecule has 21 heavy (non-hydrogen) atoms. The molecule has 0 spiro atoms. The Hall–Kier alpha value is -2.56. The summed E-state index contributed by atoms with van der Waals surface area (Å²) in [4.78, 5) is 11.8. The Labute approximate surface area is 122 Å². The van der Waals surface area contributed by atoms with E-state index in [2.05, 4.69) is 5.32 Å². The first-order chi connectivity index (χ1) is 10.0. The maximum absolute atomic E-state index is 12.7. The summed E-state index contributed by atoms with van der Waals surface area (Å²) in [5.74, 6) is 0.0665. The van der Waals surface area contributed by atoms with E-state index in [-0.39, 0.29) is 24.8 Å². The number of rotatable bonds is 5. The quantitative estimate of drug-likeness (QED) is 0.831. The third-order valence-corrected chi connectivity index (χ3v) is 2.94. The standard InChI is InChI=1S/C16H17FN2O2/c1-11-10-13(18)4-7-15(11)19-16(20)8-9-21-14-5-2-12(17)3-6-14/h2-7,10H,8-9,18H2,1H3,(H,19,20). The van der Waals surface area contributed by atoms with Gasteiger partial charge in [-0.15, -0.1) is 0 Å². The Balaban J connectivity index is 1.81. The third-order valence-electron chi connectivity index (χ3n) is 2.94. The van der Waals surface area contributed by atoms with Gasteiger partial charge in [-0.25, -0.2) is 4.39 Å². The van der Waals surface area contributed by atoms with Crippen LogP contribution >= 0.6 is 0 Å². The smallest absolute Gasteiger partial charge is 0.227 e. The van der Waals surface area contributed by atoms with Crippen molar-refractivity contribution in [3.63, 3.8) is 0 Å². The summed E-state index contributed by atoms with van der Waals surface area (Å²) in [6, 6.07) is 11.0. The van der Waals surface area contributed by atoms with Crippen molar-refractivity contribution in [3.8, 4) is 5.75 Å². The molecule has 0 saturated carbocycles. The van der Waals surface area contributed by atoms with E-state index < -0.39 is 0 Å². The number of nitrogen functional groups attached to an aromatic ring is 1. The molecule has 2 aromatic rings. The van der Waals surface area contributed by atoms with Gasteiger partial charge in [0.15, 0.2) is 0 Å². The number of carbonyl (C=O) groups is 1. The fraction of sp³-hybridized carbons (Fsp3) is 0.188. The maximum Gasteiger partial charge on any atom is 0.227 e. The van der Waals surface area contributed by atoms with Crippen LogP contribution < -0.4 is 15.8 Å². The van der Waals surface area contributed by atoms with E-state index in [0.717, 1.165) is 11.3 Å². The first kappa shape index (κ1) is 14.8. The Morgan fingerprint density at radius 3 is 2.62 bits per heavy atom. The lowest BCUT2D eigenvalue weighted by Gasteiger charge is -2.10. The van der Waals surface area contributed by atoms with Gasteiger partial charge in [0.05, 0.1) is 13.0 Å². The maximum atomic E-state index is 12.7. The summed E-state index contributed by atoms with van der Waals surface area (Å²) in [7, 11) is 0. The number of nitrogens with two attached hydrogens (primary N) is 1. The highest BCUT2D eigenvalue weighted by atomic mass is 19.1. The molecule has 2 rings (SSSR count). The summed E-state index contributed by atoms with van der Waals surface area (Å²) in [5.41, 5.74) is 7.95. The highest BCUT2D eigenvalue weighted by molar-refractivity contribution is 5.91. The van der Waals surface area contributed by atoms with Gasteiger partial charge in [0.1, 0.15) is 11.6 Å². The van der Waals surface area contributed by atoms with E-state index in [1.165, 1.54) is 24.3 Å². The molecule has 0 aliphatic carbocycles. The second kappa shape index (κ2) is 6.74. The summed E-state index contributed by atoms with van der Waals surface area (Å²) < 4.78 is 18.1. The number of hydrogen-bond donors (Lipinski definition) is 2. The van der Waals surface area contributed by atoms with Gasteiger partial charge < -0.3 is 15.8 Å². The van der Waals surface area contributed by atoms with E-state index in [1.54, 1.807) is 18.2 Å². The minimum Gasteiger partial charge on any atom is -0.493 e.